The molecule has 20 heavy (non-hydrogen) atoms. The standard InChI is InChI=1S/C15H25BrO4/c1-17-14-7-12(13-9-19-15(14,10-16)20-13)18-8-11-5-3-2-4-6-11/h11-14H,2-10H2,1H3/t12-,13+,14+,15?/m0/s1. The second-order valence-electron chi connectivity index (χ2n) is 6.25. The van der Waals surface area contributed by atoms with Crippen molar-refractivity contribution in [1.29, 1.82) is 0 Å². The summed E-state index contributed by atoms with van der Waals surface area (Å²) in [4.78, 5) is 0. The molecule has 0 N–H and O–H groups in total. The van der Waals surface area contributed by atoms with Crippen molar-refractivity contribution >= 4 is 15.9 Å². The highest BCUT2D eigenvalue weighted by Crippen LogP contribution is 2.40. The maximum atomic E-state index is 6.17. The van der Waals surface area contributed by atoms with Gasteiger partial charge in [-0.25, -0.2) is 0 Å². The highest BCUT2D eigenvalue weighted by Gasteiger charge is 2.55. The molecule has 2 bridgehead atoms. The zero-order valence-corrected chi connectivity index (χ0v) is 13.8. The van der Waals surface area contributed by atoms with Gasteiger partial charge < -0.3 is 18.9 Å². The van der Waals surface area contributed by atoms with E-state index in [9.17, 15) is 0 Å². The molecule has 116 valence electrons. The van der Waals surface area contributed by atoms with Gasteiger partial charge in [0, 0.05) is 20.1 Å². The van der Waals surface area contributed by atoms with Crippen LogP contribution in [-0.2, 0) is 18.9 Å². The highest BCUT2D eigenvalue weighted by molar-refractivity contribution is 9.09. The second-order valence-corrected chi connectivity index (χ2v) is 6.81. The van der Waals surface area contributed by atoms with Crippen LogP contribution in [0.2, 0.25) is 0 Å². The fourth-order valence-corrected chi connectivity index (χ4v) is 4.32. The molecular weight excluding hydrogens is 324 g/mol. The monoisotopic (exact) mass is 348 g/mol. The first-order valence-electron chi connectivity index (χ1n) is 7.79. The summed E-state index contributed by atoms with van der Waals surface area (Å²) < 4.78 is 23.7. The van der Waals surface area contributed by atoms with Crippen LogP contribution < -0.4 is 0 Å². The second kappa shape index (κ2) is 6.61. The molecule has 2 saturated heterocycles. The molecule has 2 heterocycles. The van der Waals surface area contributed by atoms with Crippen molar-refractivity contribution in [3.05, 3.63) is 0 Å². The zero-order valence-electron chi connectivity index (χ0n) is 12.2. The van der Waals surface area contributed by atoms with Gasteiger partial charge in [0.25, 0.3) is 0 Å². The van der Waals surface area contributed by atoms with Crippen LogP contribution in [-0.4, -0.2) is 49.8 Å². The lowest BCUT2D eigenvalue weighted by atomic mass is 9.90. The van der Waals surface area contributed by atoms with Crippen LogP contribution in [0, 0.1) is 5.92 Å². The molecule has 3 rings (SSSR count). The van der Waals surface area contributed by atoms with Crippen molar-refractivity contribution < 1.29 is 18.9 Å². The Morgan fingerprint density at radius 3 is 2.75 bits per heavy atom. The van der Waals surface area contributed by atoms with Gasteiger partial charge in [0.2, 0.25) is 5.79 Å². The maximum absolute atomic E-state index is 6.17. The van der Waals surface area contributed by atoms with Gasteiger partial charge in [-0.15, -0.1) is 0 Å². The van der Waals surface area contributed by atoms with E-state index in [0.29, 0.717) is 11.9 Å². The van der Waals surface area contributed by atoms with Gasteiger partial charge in [0.1, 0.15) is 12.2 Å². The Morgan fingerprint density at radius 1 is 1.25 bits per heavy atom. The Kier molecular flexibility index (Phi) is 5.03. The Labute approximate surface area is 129 Å². The number of hydrogen-bond acceptors (Lipinski definition) is 4. The fourth-order valence-electron chi connectivity index (χ4n) is 3.66. The van der Waals surface area contributed by atoms with Gasteiger partial charge in [-0.2, -0.15) is 0 Å². The van der Waals surface area contributed by atoms with Gasteiger partial charge >= 0.3 is 0 Å². The maximum Gasteiger partial charge on any atom is 0.205 e. The van der Waals surface area contributed by atoms with E-state index in [1.165, 1.54) is 32.1 Å². The molecule has 0 aromatic carbocycles. The topological polar surface area (TPSA) is 36.9 Å². The molecule has 2 aliphatic heterocycles. The predicted octanol–water partition coefficient (Wildman–Crippen LogP) is 2.88. The predicted molar refractivity (Wildman–Crippen MR) is 79.1 cm³/mol. The van der Waals surface area contributed by atoms with Gasteiger partial charge in [0.05, 0.1) is 18.0 Å². The lowest BCUT2D eigenvalue weighted by molar-refractivity contribution is -0.260. The van der Waals surface area contributed by atoms with Crippen LogP contribution in [0.25, 0.3) is 0 Å². The van der Waals surface area contributed by atoms with Crippen molar-refractivity contribution in [2.75, 3.05) is 25.7 Å². The number of rotatable bonds is 5. The zero-order chi connectivity index (χ0) is 14.0. The molecule has 0 radical (unpaired) electrons. The summed E-state index contributed by atoms with van der Waals surface area (Å²) in [6, 6.07) is 0. The minimum atomic E-state index is -0.607. The van der Waals surface area contributed by atoms with Crippen LogP contribution in [0.3, 0.4) is 0 Å². The van der Waals surface area contributed by atoms with Crippen molar-refractivity contribution in [2.24, 2.45) is 5.92 Å². The number of alkyl halides is 1. The lowest BCUT2D eigenvalue weighted by Gasteiger charge is -2.40. The SMILES string of the molecule is CO[C@@H]1C[C@H](OCC2CCCCC2)[C@H]2COC1(CBr)O2. The molecular formula is C15H25BrO4. The van der Waals surface area contributed by atoms with Crippen LogP contribution in [0.1, 0.15) is 38.5 Å². The van der Waals surface area contributed by atoms with Crippen LogP contribution in [0.4, 0.5) is 0 Å². The summed E-state index contributed by atoms with van der Waals surface area (Å²) in [7, 11) is 1.72. The van der Waals surface area contributed by atoms with E-state index < -0.39 is 5.79 Å². The number of halogens is 1. The lowest BCUT2D eigenvalue weighted by Crippen LogP contribution is -2.54. The molecule has 0 aromatic heterocycles. The summed E-state index contributed by atoms with van der Waals surface area (Å²) in [6.07, 6.45) is 7.70. The molecule has 1 aliphatic carbocycles. The van der Waals surface area contributed by atoms with Gasteiger partial charge in [-0.3, -0.25) is 0 Å². The molecule has 4 nitrogen and oxygen atoms in total. The van der Waals surface area contributed by atoms with E-state index in [4.69, 9.17) is 18.9 Å². The van der Waals surface area contributed by atoms with E-state index >= 15 is 0 Å². The average Bonchev–Trinajstić information content (AvgIpc) is 2.89. The number of fused-ring (bicyclic) bond motifs is 2. The van der Waals surface area contributed by atoms with E-state index in [-0.39, 0.29) is 18.3 Å². The first kappa shape index (κ1) is 15.2. The minimum absolute atomic E-state index is 0.0579. The van der Waals surface area contributed by atoms with Gasteiger partial charge in [-0.1, -0.05) is 35.2 Å². The van der Waals surface area contributed by atoms with Crippen LogP contribution >= 0.6 is 15.9 Å². The Balaban J connectivity index is 1.55. The highest BCUT2D eigenvalue weighted by atomic mass is 79.9. The van der Waals surface area contributed by atoms with E-state index in [0.717, 1.165) is 18.9 Å². The molecule has 0 spiro atoms. The molecule has 5 heteroatoms. The van der Waals surface area contributed by atoms with Crippen LogP contribution in [0.15, 0.2) is 0 Å². The summed E-state index contributed by atoms with van der Waals surface area (Å²) in [5, 5.41) is 0.643. The van der Waals surface area contributed by atoms with Crippen molar-refractivity contribution in [2.45, 2.75) is 62.6 Å². The Bertz CT molecular complexity index is 321. The van der Waals surface area contributed by atoms with Crippen molar-refractivity contribution in [3.8, 4) is 0 Å². The smallest absolute Gasteiger partial charge is 0.205 e. The quantitative estimate of drug-likeness (QED) is 0.716. The molecule has 1 saturated carbocycles. The van der Waals surface area contributed by atoms with Gasteiger partial charge in [-0.05, 0) is 18.8 Å². The Hall–Kier alpha value is 0.320. The number of methoxy groups -OCH3 is 1. The molecule has 4 atom stereocenters. The normalized spacial score (nSPS) is 42.0. The largest absolute Gasteiger partial charge is 0.376 e. The average molecular weight is 349 g/mol. The summed E-state index contributed by atoms with van der Waals surface area (Å²) >= 11 is 3.49. The molecule has 1 unspecified atom stereocenters. The third-order valence-corrected chi connectivity index (χ3v) is 5.72. The first-order chi connectivity index (χ1) is 9.77. The molecule has 3 aliphatic rings. The minimum Gasteiger partial charge on any atom is -0.376 e. The summed E-state index contributed by atoms with van der Waals surface area (Å²) in [5.74, 6) is 0.124. The van der Waals surface area contributed by atoms with E-state index in [1.54, 1.807) is 7.11 Å². The number of ether oxygens (including phenoxy) is 4. The van der Waals surface area contributed by atoms with Crippen molar-refractivity contribution in [3.63, 3.8) is 0 Å². The van der Waals surface area contributed by atoms with E-state index in [2.05, 4.69) is 15.9 Å². The Morgan fingerprint density at radius 2 is 2.05 bits per heavy atom. The summed E-state index contributed by atoms with van der Waals surface area (Å²) in [5.41, 5.74) is 0. The van der Waals surface area contributed by atoms with E-state index in [1.807, 2.05) is 0 Å². The summed E-state index contributed by atoms with van der Waals surface area (Å²) in [6.45, 7) is 1.48. The third kappa shape index (κ3) is 2.93. The molecule has 0 aromatic rings. The van der Waals surface area contributed by atoms with Crippen LogP contribution in [0.5, 0.6) is 0 Å². The first-order valence-corrected chi connectivity index (χ1v) is 8.91. The van der Waals surface area contributed by atoms with Crippen molar-refractivity contribution in [1.82, 2.24) is 0 Å². The number of hydrogen-bond donors (Lipinski definition) is 0. The fraction of sp³-hybridized carbons (Fsp3) is 1.00. The molecule has 0 amide bonds. The molecule has 3 fully saturated rings. The third-order valence-electron chi connectivity index (χ3n) is 4.94. The van der Waals surface area contributed by atoms with Gasteiger partial charge in [0.15, 0.2) is 0 Å².